The lowest BCUT2D eigenvalue weighted by molar-refractivity contribution is -0.123. The minimum Gasteiger partial charge on any atom is -0.486 e. The van der Waals surface area contributed by atoms with Crippen molar-refractivity contribution in [3.05, 3.63) is 18.2 Å². The number of rotatable bonds is 10. The van der Waals surface area contributed by atoms with Crippen LogP contribution in [0.1, 0.15) is 41.5 Å². The highest BCUT2D eigenvalue weighted by molar-refractivity contribution is 7.89. The highest BCUT2D eigenvalue weighted by Gasteiger charge is 2.29. The molecule has 0 saturated carbocycles. The third-order valence-corrected chi connectivity index (χ3v) is 6.49. The first kappa shape index (κ1) is 24.4. The van der Waals surface area contributed by atoms with Crippen molar-refractivity contribution in [3.8, 4) is 11.5 Å². The maximum atomic E-state index is 12.9. The van der Waals surface area contributed by atoms with Gasteiger partial charge in [0.05, 0.1) is 4.90 Å². The van der Waals surface area contributed by atoms with Crippen LogP contribution in [-0.4, -0.2) is 63.7 Å². The quantitative estimate of drug-likeness (QED) is 0.576. The zero-order valence-electron chi connectivity index (χ0n) is 18.8. The van der Waals surface area contributed by atoms with Gasteiger partial charge < -0.3 is 14.8 Å². The van der Waals surface area contributed by atoms with Gasteiger partial charge in [0.2, 0.25) is 15.9 Å². The number of hydrogen-bond acceptors (Lipinski definition) is 6. The van der Waals surface area contributed by atoms with Gasteiger partial charge in [-0.15, -0.1) is 0 Å². The Labute approximate surface area is 180 Å². The summed E-state index contributed by atoms with van der Waals surface area (Å²) < 4.78 is 39.3. The SMILES string of the molecule is CC(C)[C@H](NS(=O)(=O)c1ccc2c(c1)OCCO2)C(=O)NCCN(C(C)C)C(C)C. The largest absolute Gasteiger partial charge is 0.486 e. The summed E-state index contributed by atoms with van der Waals surface area (Å²) in [5.41, 5.74) is 0. The second-order valence-electron chi connectivity index (χ2n) is 8.36. The average molecular weight is 442 g/mol. The number of benzene rings is 1. The zero-order chi connectivity index (χ0) is 22.5. The third kappa shape index (κ3) is 6.33. The fourth-order valence-corrected chi connectivity index (χ4v) is 4.81. The number of carbonyl (C=O) groups excluding carboxylic acids is 1. The van der Waals surface area contributed by atoms with Crippen LogP contribution in [0.25, 0.3) is 0 Å². The highest BCUT2D eigenvalue weighted by atomic mass is 32.2. The van der Waals surface area contributed by atoms with E-state index < -0.39 is 16.1 Å². The summed E-state index contributed by atoms with van der Waals surface area (Å²) in [6.07, 6.45) is 0. The third-order valence-electron chi connectivity index (χ3n) is 5.05. The van der Waals surface area contributed by atoms with Crippen molar-refractivity contribution in [1.82, 2.24) is 14.9 Å². The molecule has 1 aliphatic rings. The van der Waals surface area contributed by atoms with E-state index in [1.165, 1.54) is 12.1 Å². The van der Waals surface area contributed by atoms with Crippen LogP contribution in [0.2, 0.25) is 0 Å². The van der Waals surface area contributed by atoms with E-state index in [4.69, 9.17) is 9.47 Å². The maximum absolute atomic E-state index is 12.9. The molecule has 0 radical (unpaired) electrons. The van der Waals surface area contributed by atoms with Gasteiger partial charge >= 0.3 is 0 Å². The Hall–Kier alpha value is -1.84. The molecule has 170 valence electrons. The van der Waals surface area contributed by atoms with Crippen LogP contribution in [0, 0.1) is 5.92 Å². The van der Waals surface area contributed by atoms with Crippen LogP contribution in [0.3, 0.4) is 0 Å². The van der Waals surface area contributed by atoms with Gasteiger partial charge in [0, 0.05) is 31.2 Å². The molecule has 1 atom stereocenters. The lowest BCUT2D eigenvalue weighted by atomic mass is 10.1. The Bertz CT molecular complexity index is 816. The Kier molecular flexibility index (Phi) is 8.52. The smallest absolute Gasteiger partial charge is 0.241 e. The molecule has 0 aliphatic carbocycles. The topological polar surface area (TPSA) is 97.0 Å². The second-order valence-corrected chi connectivity index (χ2v) is 10.1. The molecule has 1 heterocycles. The van der Waals surface area contributed by atoms with E-state index in [0.717, 1.165) is 0 Å². The molecular formula is C21H35N3O5S. The van der Waals surface area contributed by atoms with Crippen LogP contribution in [-0.2, 0) is 14.8 Å². The van der Waals surface area contributed by atoms with Gasteiger partial charge in [-0.2, -0.15) is 4.72 Å². The Morgan fingerprint density at radius 3 is 2.20 bits per heavy atom. The van der Waals surface area contributed by atoms with Crippen LogP contribution >= 0.6 is 0 Å². The first-order valence-corrected chi connectivity index (χ1v) is 12.0. The maximum Gasteiger partial charge on any atom is 0.241 e. The van der Waals surface area contributed by atoms with Gasteiger partial charge in [-0.05, 0) is 45.7 Å². The van der Waals surface area contributed by atoms with Gasteiger partial charge in [-0.3, -0.25) is 9.69 Å². The zero-order valence-corrected chi connectivity index (χ0v) is 19.6. The molecule has 0 bridgehead atoms. The first-order chi connectivity index (χ1) is 14.0. The molecule has 1 aromatic carbocycles. The summed E-state index contributed by atoms with van der Waals surface area (Å²) >= 11 is 0. The van der Waals surface area contributed by atoms with Crippen LogP contribution in [0.15, 0.2) is 23.1 Å². The number of carbonyl (C=O) groups is 1. The number of sulfonamides is 1. The van der Waals surface area contributed by atoms with Crippen molar-refractivity contribution in [1.29, 1.82) is 0 Å². The minimum absolute atomic E-state index is 0.0380. The summed E-state index contributed by atoms with van der Waals surface area (Å²) in [5, 5.41) is 2.88. The number of hydrogen-bond donors (Lipinski definition) is 2. The minimum atomic E-state index is -3.91. The van der Waals surface area contributed by atoms with Gasteiger partial charge in [-0.25, -0.2) is 8.42 Å². The standard InChI is InChI=1S/C21H35N3O5S/c1-14(2)20(21(25)22-9-10-24(15(3)4)16(5)6)23-30(26,27)17-7-8-18-19(13-17)29-12-11-28-18/h7-8,13-16,20,23H,9-12H2,1-6H3,(H,22,25)/t20-/m0/s1. The highest BCUT2D eigenvalue weighted by Crippen LogP contribution is 2.32. The van der Waals surface area contributed by atoms with Gasteiger partial charge in [0.15, 0.2) is 11.5 Å². The van der Waals surface area contributed by atoms with Crippen LogP contribution < -0.4 is 19.5 Å². The fraction of sp³-hybridized carbons (Fsp3) is 0.667. The molecule has 30 heavy (non-hydrogen) atoms. The number of fused-ring (bicyclic) bond motifs is 1. The Balaban J connectivity index is 2.06. The van der Waals surface area contributed by atoms with E-state index in [1.807, 2.05) is 13.8 Å². The van der Waals surface area contributed by atoms with E-state index in [1.54, 1.807) is 6.07 Å². The lowest BCUT2D eigenvalue weighted by Gasteiger charge is -2.31. The predicted molar refractivity (Wildman–Crippen MR) is 116 cm³/mol. The van der Waals surface area contributed by atoms with Crippen LogP contribution in [0.5, 0.6) is 11.5 Å². The fourth-order valence-electron chi connectivity index (χ4n) is 3.45. The van der Waals surface area contributed by atoms with Crippen molar-refractivity contribution in [3.63, 3.8) is 0 Å². The molecule has 9 heteroatoms. The first-order valence-electron chi connectivity index (χ1n) is 10.5. The molecular weight excluding hydrogens is 406 g/mol. The number of ether oxygens (including phenoxy) is 2. The molecule has 8 nitrogen and oxygen atoms in total. The van der Waals surface area contributed by atoms with Gasteiger partial charge in [0.25, 0.3) is 0 Å². The monoisotopic (exact) mass is 441 g/mol. The van der Waals surface area contributed by atoms with Gasteiger partial charge in [0.1, 0.15) is 19.3 Å². The number of nitrogens with one attached hydrogen (secondary N) is 2. The average Bonchev–Trinajstić information content (AvgIpc) is 2.68. The van der Waals surface area contributed by atoms with Gasteiger partial charge in [-0.1, -0.05) is 13.8 Å². The van der Waals surface area contributed by atoms with E-state index in [9.17, 15) is 13.2 Å². The molecule has 0 unspecified atom stereocenters. The number of nitrogens with zero attached hydrogens (tertiary/aromatic N) is 1. The van der Waals surface area contributed by atoms with E-state index in [0.29, 0.717) is 49.9 Å². The van der Waals surface area contributed by atoms with E-state index >= 15 is 0 Å². The summed E-state index contributed by atoms with van der Waals surface area (Å²) in [6.45, 7) is 14.0. The molecule has 0 aromatic heterocycles. The Morgan fingerprint density at radius 1 is 1.03 bits per heavy atom. The van der Waals surface area contributed by atoms with Crippen molar-refractivity contribution in [2.24, 2.45) is 5.92 Å². The molecule has 0 fully saturated rings. The van der Waals surface area contributed by atoms with Crippen molar-refractivity contribution < 1.29 is 22.7 Å². The molecule has 0 spiro atoms. The lowest BCUT2D eigenvalue weighted by Crippen LogP contribution is -2.51. The van der Waals surface area contributed by atoms with E-state index in [2.05, 4.69) is 42.6 Å². The molecule has 1 amide bonds. The summed E-state index contributed by atoms with van der Waals surface area (Å²) in [7, 11) is -3.91. The van der Waals surface area contributed by atoms with Crippen molar-refractivity contribution in [2.45, 2.75) is 64.6 Å². The van der Waals surface area contributed by atoms with E-state index in [-0.39, 0.29) is 16.7 Å². The number of amides is 1. The molecule has 0 saturated heterocycles. The predicted octanol–water partition coefficient (Wildman–Crippen LogP) is 2.00. The van der Waals surface area contributed by atoms with Crippen molar-refractivity contribution >= 4 is 15.9 Å². The Morgan fingerprint density at radius 2 is 1.63 bits per heavy atom. The summed E-state index contributed by atoms with van der Waals surface area (Å²) in [6, 6.07) is 4.28. The van der Waals surface area contributed by atoms with Crippen LogP contribution in [0.4, 0.5) is 0 Å². The molecule has 2 rings (SSSR count). The normalized spacial score (nSPS) is 15.1. The molecule has 1 aliphatic heterocycles. The summed E-state index contributed by atoms with van der Waals surface area (Å²) in [4.78, 5) is 15.1. The second kappa shape index (κ2) is 10.5. The molecule has 1 aromatic rings. The van der Waals surface area contributed by atoms with Crippen molar-refractivity contribution in [2.75, 3.05) is 26.3 Å². The summed E-state index contributed by atoms with van der Waals surface area (Å²) in [5.74, 6) is 0.345. The molecule has 2 N–H and O–H groups in total.